The van der Waals surface area contributed by atoms with Gasteiger partial charge < -0.3 is 5.11 Å². The van der Waals surface area contributed by atoms with Crippen molar-refractivity contribution in [2.75, 3.05) is 0 Å². The summed E-state index contributed by atoms with van der Waals surface area (Å²) in [5, 5.41) is 17.7. The second-order valence-corrected chi connectivity index (χ2v) is 6.57. The number of aliphatic carboxylic acids is 1. The van der Waals surface area contributed by atoms with Gasteiger partial charge in [-0.3, -0.25) is 4.79 Å². The Labute approximate surface area is 122 Å². The van der Waals surface area contributed by atoms with Crippen molar-refractivity contribution in [3.05, 3.63) is 41.5 Å². The number of nitrogens with zero attached hydrogens (tertiary/aromatic N) is 1. The van der Waals surface area contributed by atoms with Crippen LogP contribution in [0.2, 0.25) is 0 Å². The summed E-state index contributed by atoms with van der Waals surface area (Å²) in [6.07, 6.45) is 3.24. The highest BCUT2D eigenvalue weighted by Gasteiger charge is 2.28. The predicted octanol–water partition coefficient (Wildman–Crippen LogP) is 1.17. The van der Waals surface area contributed by atoms with E-state index in [-0.39, 0.29) is 11.3 Å². The first-order valence-corrected chi connectivity index (χ1v) is 7.76. The minimum absolute atomic E-state index is 0.0914. The molecule has 0 amide bonds. The lowest BCUT2D eigenvalue weighted by Crippen LogP contribution is -2.33. The van der Waals surface area contributed by atoms with E-state index in [1.165, 1.54) is 24.3 Å². The first-order chi connectivity index (χ1) is 9.83. The van der Waals surface area contributed by atoms with Crippen LogP contribution in [0.25, 0.3) is 0 Å². The number of aryl methyl sites for hydroxylation is 1. The molecule has 21 heavy (non-hydrogen) atoms. The molecule has 0 saturated heterocycles. The Balaban J connectivity index is 2.19. The van der Waals surface area contributed by atoms with Crippen molar-refractivity contribution < 1.29 is 18.3 Å². The molecule has 1 aromatic carbocycles. The van der Waals surface area contributed by atoms with Gasteiger partial charge in [-0.15, -0.1) is 0 Å². The van der Waals surface area contributed by atoms with E-state index in [1.807, 2.05) is 6.07 Å². The summed E-state index contributed by atoms with van der Waals surface area (Å²) in [6.45, 7) is 1.61. The van der Waals surface area contributed by atoms with Crippen LogP contribution >= 0.6 is 0 Å². The SMILES string of the molecule is Cc1cc(C#N)ccc1S(=O)(=O)NC1C=CC(C(=O)O)C1. The predicted molar refractivity (Wildman–Crippen MR) is 74.9 cm³/mol. The molecule has 0 heterocycles. The summed E-state index contributed by atoms with van der Waals surface area (Å²) in [5.41, 5.74) is 0.858. The first-order valence-electron chi connectivity index (χ1n) is 6.27. The molecule has 110 valence electrons. The van der Waals surface area contributed by atoms with Crippen LogP contribution in [0.3, 0.4) is 0 Å². The van der Waals surface area contributed by atoms with E-state index < -0.39 is 28.0 Å². The maximum absolute atomic E-state index is 12.3. The highest BCUT2D eigenvalue weighted by molar-refractivity contribution is 7.89. The van der Waals surface area contributed by atoms with E-state index in [2.05, 4.69) is 4.72 Å². The highest BCUT2D eigenvalue weighted by Crippen LogP contribution is 2.22. The molecule has 2 unspecified atom stereocenters. The van der Waals surface area contributed by atoms with Gasteiger partial charge in [-0.1, -0.05) is 12.2 Å². The summed E-state index contributed by atoms with van der Waals surface area (Å²) in [4.78, 5) is 10.9. The minimum atomic E-state index is -3.75. The smallest absolute Gasteiger partial charge is 0.310 e. The van der Waals surface area contributed by atoms with Crippen LogP contribution < -0.4 is 4.72 Å². The number of nitrogens with one attached hydrogen (secondary N) is 1. The Morgan fingerprint density at radius 2 is 2.14 bits per heavy atom. The van der Waals surface area contributed by atoms with Crippen LogP contribution in [0.15, 0.2) is 35.2 Å². The van der Waals surface area contributed by atoms with Crippen molar-refractivity contribution in [3.8, 4) is 6.07 Å². The van der Waals surface area contributed by atoms with Gasteiger partial charge in [-0.25, -0.2) is 13.1 Å². The fourth-order valence-electron chi connectivity index (χ4n) is 2.25. The summed E-state index contributed by atoms with van der Waals surface area (Å²) < 4.78 is 27.1. The molecular formula is C14H14N2O4S. The average molecular weight is 306 g/mol. The maximum atomic E-state index is 12.3. The highest BCUT2D eigenvalue weighted by atomic mass is 32.2. The molecule has 0 radical (unpaired) electrons. The average Bonchev–Trinajstić information content (AvgIpc) is 2.86. The topological polar surface area (TPSA) is 107 Å². The van der Waals surface area contributed by atoms with Crippen molar-refractivity contribution in [1.82, 2.24) is 4.72 Å². The zero-order chi connectivity index (χ0) is 15.6. The fraction of sp³-hybridized carbons (Fsp3) is 0.286. The number of benzene rings is 1. The maximum Gasteiger partial charge on any atom is 0.310 e. The van der Waals surface area contributed by atoms with Crippen LogP contribution in [-0.4, -0.2) is 25.5 Å². The van der Waals surface area contributed by atoms with Gasteiger partial charge in [0.15, 0.2) is 0 Å². The van der Waals surface area contributed by atoms with Crippen LogP contribution in [0.1, 0.15) is 17.5 Å². The lowest BCUT2D eigenvalue weighted by atomic mass is 10.1. The Kier molecular flexibility index (Phi) is 4.11. The molecule has 2 rings (SSSR count). The van der Waals surface area contributed by atoms with Crippen molar-refractivity contribution in [2.45, 2.75) is 24.3 Å². The number of nitriles is 1. The monoisotopic (exact) mass is 306 g/mol. The molecule has 2 N–H and O–H groups in total. The first kappa shape index (κ1) is 15.2. The number of carbonyl (C=O) groups is 1. The van der Waals surface area contributed by atoms with Crippen LogP contribution in [0.4, 0.5) is 0 Å². The molecular weight excluding hydrogens is 292 g/mol. The number of hydrogen-bond acceptors (Lipinski definition) is 4. The molecule has 0 fully saturated rings. The summed E-state index contributed by atoms with van der Waals surface area (Å²) in [5.74, 6) is -1.64. The number of carboxylic acids is 1. The van der Waals surface area contributed by atoms with Crippen molar-refractivity contribution in [2.24, 2.45) is 5.92 Å². The lowest BCUT2D eigenvalue weighted by molar-refractivity contribution is -0.140. The quantitative estimate of drug-likeness (QED) is 0.812. The van der Waals surface area contributed by atoms with E-state index in [0.29, 0.717) is 11.1 Å². The van der Waals surface area contributed by atoms with Gasteiger partial charge in [0, 0.05) is 6.04 Å². The van der Waals surface area contributed by atoms with Gasteiger partial charge in [-0.05, 0) is 37.1 Å². The van der Waals surface area contributed by atoms with Gasteiger partial charge in [-0.2, -0.15) is 5.26 Å². The molecule has 0 spiro atoms. The number of carboxylic acid groups (broad SMARTS) is 1. The van der Waals surface area contributed by atoms with E-state index >= 15 is 0 Å². The van der Waals surface area contributed by atoms with E-state index in [0.717, 1.165) is 0 Å². The molecule has 0 bridgehead atoms. The van der Waals surface area contributed by atoms with Gasteiger partial charge in [0.2, 0.25) is 10.0 Å². The molecule has 1 aromatic rings. The van der Waals surface area contributed by atoms with Crippen LogP contribution in [-0.2, 0) is 14.8 Å². The second-order valence-electron chi connectivity index (χ2n) is 4.89. The van der Waals surface area contributed by atoms with Gasteiger partial charge in [0.25, 0.3) is 0 Å². The summed E-state index contributed by atoms with van der Waals surface area (Å²) >= 11 is 0. The van der Waals surface area contributed by atoms with Crippen molar-refractivity contribution >= 4 is 16.0 Å². The molecule has 6 nitrogen and oxygen atoms in total. The molecule has 0 aromatic heterocycles. The normalized spacial score (nSPS) is 21.1. The molecule has 1 aliphatic carbocycles. The zero-order valence-electron chi connectivity index (χ0n) is 11.3. The van der Waals surface area contributed by atoms with Crippen LogP contribution in [0.5, 0.6) is 0 Å². The van der Waals surface area contributed by atoms with Gasteiger partial charge in [0.1, 0.15) is 0 Å². The molecule has 2 atom stereocenters. The van der Waals surface area contributed by atoms with Crippen LogP contribution in [0, 0.1) is 24.2 Å². The Hall–Kier alpha value is -2.17. The van der Waals surface area contributed by atoms with Crippen molar-refractivity contribution in [3.63, 3.8) is 0 Å². The third kappa shape index (κ3) is 3.29. The van der Waals surface area contributed by atoms with Gasteiger partial charge >= 0.3 is 5.97 Å². The Morgan fingerprint density at radius 3 is 2.67 bits per heavy atom. The third-order valence-electron chi connectivity index (χ3n) is 3.30. The minimum Gasteiger partial charge on any atom is -0.481 e. The number of sulfonamides is 1. The molecule has 7 heteroatoms. The van der Waals surface area contributed by atoms with Crippen molar-refractivity contribution in [1.29, 1.82) is 5.26 Å². The standard InChI is InChI=1S/C14H14N2O4S/c1-9-6-10(8-15)2-5-13(9)21(19,20)16-12-4-3-11(7-12)14(17)18/h2-6,11-12,16H,7H2,1H3,(H,17,18). The Bertz CT molecular complexity index is 747. The Morgan fingerprint density at radius 1 is 1.43 bits per heavy atom. The fourth-order valence-corrected chi connectivity index (χ4v) is 3.68. The largest absolute Gasteiger partial charge is 0.481 e. The molecule has 1 aliphatic rings. The number of rotatable bonds is 4. The van der Waals surface area contributed by atoms with E-state index in [1.54, 1.807) is 13.0 Å². The summed E-state index contributed by atoms with van der Waals surface area (Å²) in [7, 11) is -3.75. The van der Waals surface area contributed by atoms with E-state index in [9.17, 15) is 13.2 Å². The zero-order valence-corrected chi connectivity index (χ0v) is 12.1. The molecule has 0 saturated carbocycles. The summed E-state index contributed by atoms with van der Waals surface area (Å²) in [6, 6.07) is 5.72. The second kappa shape index (κ2) is 5.68. The molecule has 0 aliphatic heterocycles. The lowest BCUT2D eigenvalue weighted by Gasteiger charge is -2.14. The number of hydrogen-bond donors (Lipinski definition) is 2. The van der Waals surface area contributed by atoms with Gasteiger partial charge in [0.05, 0.1) is 22.4 Å². The third-order valence-corrected chi connectivity index (χ3v) is 4.95. The van der Waals surface area contributed by atoms with E-state index in [4.69, 9.17) is 10.4 Å².